The van der Waals surface area contributed by atoms with Gasteiger partial charge in [0.05, 0.1) is 13.7 Å². The third-order valence-electron chi connectivity index (χ3n) is 2.50. The number of para-hydroxylation sites is 1. The molecule has 6 nitrogen and oxygen atoms in total. The average molecular weight is 282 g/mol. The second kappa shape index (κ2) is 9.80. The Kier molecular flexibility index (Phi) is 8.78. The van der Waals surface area contributed by atoms with E-state index in [-0.39, 0.29) is 18.6 Å². The van der Waals surface area contributed by atoms with Crippen LogP contribution >= 0.6 is 0 Å². The Hall–Kier alpha value is -2.08. The molecule has 0 aromatic heterocycles. The van der Waals surface area contributed by atoms with Gasteiger partial charge in [0.2, 0.25) is 0 Å². The molecule has 20 heavy (non-hydrogen) atoms. The number of esters is 1. The summed E-state index contributed by atoms with van der Waals surface area (Å²) in [6.45, 7) is 3.60. The van der Waals surface area contributed by atoms with Crippen LogP contribution in [0.15, 0.2) is 24.3 Å². The largest absolute Gasteiger partial charge is 0.480 e. The van der Waals surface area contributed by atoms with Crippen molar-refractivity contribution in [3.63, 3.8) is 0 Å². The Morgan fingerprint density at radius 2 is 1.95 bits per heavy atom. The van der Waals surface area contributed by atoms with E-state index >= 15 is 0 Å². The minimum Gasteiger partial charge on any atom is -0.480 e. The zero-order chi connectivity index (χ0) is 15.5. The summed E-state index contributed by atoms with van der Waals surface area (Å²) in [5.41, 5.74) is 6.77. The van der Waals surface area contributed by atoms with Crippen LogP contribution in [-0.4, -0.2) is 36.7 Å². The van der Waals surface area contributed by atoms with Gasteiger partial charge in [-0.3, -0.25) is 4.79 Å². The quantitative estimate of drug-likeness (QED) is 0.703. The Bertz CT molecular complexity index is 435. The SMILES string of the molecule is CCc1ccccc1N[C@@H](C)C(=O)OC.NCC(=O)O. The second-order valence-electron chi connectivity index (χ2n) is 4.00. The van der Waals surface area contributed by atoms with Crippen molar-refractivity contribution < 1.29 is 19.4 Å². The number of hydrogen-bond donors (Lipinski definition) is 3. The molecule has 0 aliphatic carbocycles. The van der Waals surface area contributed by atoms with E-state index in [0.717, 1.165) is 12.1 Å². The predicted molar refractivity (Wildman–Crippen MR) is 77.6 cm³/mol. The Balaban J connectivity index is 0.000000621. The number of anilines is 1. The van der Waals surface area contributed by atoms with Crippen molar-refractivity contribution in [1.82, 2.24) is 0 Å². The molecular weight excluding hydrogens is 260 g/mol. The number of aryl methyl sites for hydroxylation is 1. The highest BCUT2D eigenvalue weighted by Crippen LogP contribution is 2.16. The topological polar surface area (TPSA) is 102 Å². The molecule has 0 aliphatic rings. The molecule has 0 heterocycles. The van der Waals surface area contributed by atoms with E-state index in [9.17, 15) is 9.59 Å². The van der Waals surface area contributed by atoms with Crippen LogP contribution in [0.5, 0.6) is 0 Å². The van der Waals surface area contributed by atoms with Crippen LogP contribution in [0.1, 0.15) is 19.4 Å². The summed E-state index contributed by atoms with van der Waals surface area (Å²) >= 11 is 0. The van der Waals surface area contributed by atoms with Crippen molar-refractivity contribution >= 4 is 17.6 Å². The number of carboxylic acid groups (broad SMARTS) is 1. The molecule has 1 aromatic rings. The molecule has 0 aliphatic heterocycles. The lowest BCUT2D eigenvalue weighted by molar-refractivity contribution is -0.141. The summed E-state index contributed by atoms with van der Waals surface area (Å²) in [5, 5.41) is 10.7. The number of benzene rings is 1. The first-order chi connectivity index (χ1) is 9.46. The van der Waals surface area contributed by atoms with Gasteiger partial charge in [0.1, 0.15) is 6.04 Å². The standard InChI is InChI=1S/C12H17NO2.C2H5NO2/c1-4-10-7-5-6-8-11(10)13-9(2)12(14)15-3;3-1-2(4)5/h5-9,13H,4H2,1-3H3;1,3H2,(H,4,5)/t9-;/m0./s1. The highest BCUT2D eigenvalue weighted by Gasteiger charge is 2.13. The molecule has 6 heteroatoms. The number of rotatable bonds is 5. The molecule has 0 saturated heterocycles. The van der Waals surface area contributed by atoms with Crippen LogP contribution in [0.25, 0.3) is 0 Å². The van der Waals surface area contributed by atoms with E-state index < -0.39 is 5.97 Å². The Morgan fingerprint density at radius 3 is 2.40 bits per heavy atom. The molecule has 1 aromatic carbocycles. The van der Waals surface area contributed by atoms with Crippen LogP contribution in [0.3, 0.4) is 0 Å². The van der Waals surface area contributed by atoms with Crippen LogP contribution in [-0.2, 0) is 20.7 Å². The Labute approximate surface area is 118 Å². The van der Waals surface area contributed by atoms with Gasteiger partial charge in [-0.15, -0.1) is 0 Å². The molecular formula is C14H22N2O4. The third kappa shape index (κ3) is 6.75. The highest BCUT2D eigenvalue weighted by atomic mass is 16.5. The van der Waals surface area contributed by atoms with Crippen molar-refractivity contribution in [3.8, 4) is 0 Å². The summed E-state index contributed by atoms with van der Waals surface area (Å²) in [4.78, 5) is 20.5. The van der Waals surface area contributed by atoms with E-state index in [1.165, 1.54) is 12.7 Å². The van der Waals surface area contributed by atoms with Crippen molar-refractivity contribution in [2.45, 2.75) is 26.3 Å². The van der Waals surface area contributed by atoms with Gasteiger partial charge in [0.15, 0.2) is 0 Å². The number of ether oxygens (including phenoxy) is 1. The van der Waals surface area contributed by atoms with Gasteiger partial charge in [-0.2, -0.15) is 0 Å². The van der Waals surface area contributed by atoms with Crippen LogP contribution in [0, 0.1) is 0 Å². The predicted octanol–water partition coefficient (Wildman–Crippen LogP) is 1.25. The first kappa shape index (κ1) is 17.9. The molecule has 0 amide bonds. The van der Waals surface area contributed by atoms with E-state index in [1.807, 2.05) is 24.3 Å². The molecule has 0 unspecified atom stereocenters. The van der Waals surface area contributed by atoms with Crippen LogP contribution in [0.2, 0.25) is 0 Å². The number of methoxy groups -OCH3 is 1. The van der Waals surface area contributed by atoms with Crippen molar-refractivity contribution in [2.24, 2.45) is 5.73 Å². The molecule has 0 radical (unpaired) electrons. The lowest BCUT2D eigenvalue weighted by atomic mass is 10.1. The number of carbonyl (C=O) groups is 2. The van der Waals surface area contributed by atoms with Crippen LogP contribution < -0.4 is 11.1 Å². The zero-order valence-corrected chi connectivity index (χ0v) is 12.1. The van der Waals surface area contributed by atoms with Gasteiger partial charge in [-0.1, -0.05) is 25.1 Å². The van der Waals surface area contributed by atoms with Gasteiger partial charge < -0.3 is 20.9 Å². The van der Waals surface area contributed by atoms with Gasteiger partial charge >= 0.3 is 11.9 Å². The summed E-state index contributed by atoms with van der Waals surface area (Å²) in [6, 6.07) is 7.64. The maximum absolute atomic E-state index is 11.2. The maximum atomic E-state index is 11.2. The number of aliphatic carboxylic acids is 1. The van der Waals surface area contributed by atoms with Crippen molar-refractivity contribution in [1.29, 1.82) is 0 Å². The lowest BCUT2D eigenvalue weighted by Gasteiger charge is -2.15. The minimum atomic E-state index is -0.968. The van der Waals surface area contributed by atoms with Gasteiger partial charge in [0.25, 0.3) is 0 Å². The fourth-order valence-electron chi connectivity index (χ4n) is 1.44. The average Bonchev–Trinajstić information content (AvgIpc) is 2.47. The van der Waals surface area contributed by atoms with E-state index in [0.29, 0.717) is 0 Å². The molecule has 112 valence electrons. The number of carboxylic acids is 1. The number of nitrogens with two attached hydrogens (primary N) is 1. The number of nitrogens with one attached hydrogen (secondary N) is 1. The van der Waals surface area contributed by atoms with E-state index in [2.05, 4.69) is 22.7 Å². The van der Waals surface area contributed by atoms with Gasteiger partial charge in [-0.25, -0.2) is 4.79 Å². The summed E-state index contributed by atoms with van der Waals surface area (Å²) in [7, 11) is 1.40. The molecule has 0 spiro atoms. The van der Waals surface area contributed by atoms with E-state index in [1.54, 1.807) is 6.92 Å². The van der Waals surface area contributed by atoms with Gasteiger partial charge in [0, 0.05) is 5.69 Å². The minimum absolute atomic E-state index is 0.249. The lowest BCUT2D eigenvalue weighted by Crippen LogP contribution is -2.27. The third-order valence-corrected chi connectivity index (χ3v) is 2.50. The summed E-state index contributed by atoms with van der Waals surface area (Å²) in [5.74, 6) is -1.22. The first-order valence-electron chi connectivity index (χ1n) is 6.30. The molecule has 4 N–H and O–H groups in total. The number of hydrogen-bond acceptors (Lipinski definition) is 5. The zero-order valence-electron chi connectivity index (χ0n) is 12.1. The molecule has 1 atom stereocenters. The molecule has 0 bridgehead atoms. The molecule has 1 rings (SSSR count). The van der Waals surface area contributed by atoms with Crippen molar-refractivity contribution in [2.75, 3.05) is 19.0 Å². The first-order valence-corrected chi connectivity index (χ1v) is 6.30. The number of carbonyl (C=O) groups excluding carboxylic acids is 1. The fourth-order valence-corrected chi connectivity index (χ4v) is 1.44. The van der Waals surface area contributed by atoms with E-state index in [4.69, 9.17) is 5.11 Å². The summed E-state index contributed by atoms with van der Waals surface area (Å²) in [6.07, 6.45) is 0.942. The van der Waals surface area contributed by atoms with Crippen LogP contribution in [0.4, 0.5) is 5.69 Å². The second-order valence-corrected chi connectivity index (χ2v) is 4.00. The normalized spacial score (nSPS) is 10.8. The smallest absolute Gasteiger partial charge is 0.327 e. The maximum Gasteiger partial charge on any atom is 0.327 e. The van der Waals surface area contributed by atoms with Gasteiger partial charge in [-0.05, 0) is 25.0 Å². The molecule has 0 fully saturated rings. The summed E-state index contributed by atoms with van der Waals surface area (Å²) < 4.78 is 4.66. The fraction of sp³-hybridized carbons (Fsp3) is 0.429. The monoisotopic (exact) mass is 282 g/mol. The highest BCUT2D eigenvalue weighted by molar-refractivity contribution is 5.79. The molecule has 0 saturated carbocycles. The van der Waals surface area contributed by atoms with Crippen molar-refractivity contribution in [3.05, 3.63) is 29.8 Å². The Morgan fingerprint density at radius 1 is 1.40 bits per heavy atom.